The molecule has 2 aliphatic rings. The lowest BCUT2D eigenvalue weighted by Crippen LogP contribution is -2.58. The average molecular weight is 329 g/mol. The van der Waals surface area contributed by atoms with Crippen molar-refractivity contribution in [2.45, 2.75) is 44.7 Å². The van der Waals surface area contributed by atoms with Crippen molar-refractivity contribution < 1.29 is 9.53 Å². The summed E-state index contributed by atoms with van der Waals surface area (Å²) >= 11 is 0. The van der Waals surface area contributed by atoms with Crippen LogP contribution in [0.5, 0.6) is 0 Å². The molecule has 1 aromatic carbocycles. The Morgan fingerprint density at radius 3 is 2.58 bits per heavy atom. The number of ether oxygens (including phenoxy) is 1. The number of esters is 1. The van der Waals surface area contributed by atoms with Gasteiger partial charge in [0, 0.05) is 5.69 Å². The van der Waals surface area contributed by atoms with Gasteiger partial charge in [-0.25, -0.2) is 9.79 Å². The lowest BCUT2D eigenvalue weighted by molar-refractivity contribution is 0.0600. The fourth-order valence-electron chi connectivity index (χ4n) is 3.62. The lowest BCUT2D eigenvalue weighted by atomic mass is 9.87. The van der Waals surface area contributed by atoms with E-state index in [2.05, 4.69) is 9.98 Å². The van der Waals surface area contributed by atoms with Gasteiger partial charge >= 0.3 is 5.97 Å². The summed E-state index contributed by atoms with van der Waals surface area (Å²) in [5, 5.41) is 0. The molecule has 4 N–H and O–H groups in total. The van der Waals surface area contributed by atoms with E-state index < -0.39 is 5.66 Å². The van der Waals surface area contributed by atoms with Crippen LogP contribution in [-0.4, -0.2) is 30.7 Å². The summed E-state index contributed by atoms with van der Waals surface area (Å²) in [6.07, 6.45) is 5.08. The number of nitrogens with two attached hydrogens (primary N) is 2. The monoisotopic (exact) mass is 329 g/mol. The van der Waals surface area contributed by atoms with Gasteiger partial charge in [-0.1, -0.05) is 6.42 Å². The maximum absolute atomic E-state index is 11.7. The summed E-state index contributed by atoms with van der Waals surface area (Å²) in [6.45, 7) is 1.94. The second kappa shape index (κ2) is 6.14. The highest BCUT2D eigenvalue weighted by atomic mass is 16.5. The third-order valence-corrected chi connectivity index (χ3v) is 4.71. The first-order valence-electron chi connectivity index (χ1n) is 8.15. The number of hydrogen-bond acceptors (Lipinski definition) is 7. The lowest BCUT2D eigenvalue weighted by Gasteiger charge is -2.46. The Hall–Kier alpha value is -2.57. The highest BCUT2D eigenvalue weighted by Gasteiger charge is 2.43. The summed E-state index contributed by atoms with van der Waals surface area (Å²) in [5.41, 5.74) is 13.9. The van der Waals surface area contributed by atoms with Crippen LogP contribution in [0.2, 0.25) is 0 Å². The number of nitrogens with zero attached hydrogens (tertiary/aromatic N) is 3. The van der Waals surface area contributed by atoms with E-state index in [0.717, 1.165) is 36.9 Å². The first-order valence-corrected chi connectivity index (χ1v) is 8.15. The normalized spacial score (nSPS) is 19.7. The maximum atomic E-state index is 11.7. The third-order valence-electron chi connectivity index (χ3n) is 4.71. The number of carbonyl (C=O) groups is 1. The molecule has 1 aliphatic carbocycles. The largest absolute Gasteiger partial charge is 0.465 e. The van der Waals surface area contributed by atoms with Gasteiger partial charge in [0.1, 0.15) is 5.66 Å². The van der Waals surface area contributed by atoms with Crippen molar-refractivity contribution in [3.05, 3.63) is 29.3 Å². The third kappa shape index (κ3) is 2.70. The molecular formula is C17H23N5O2. The van der Waals surface area contributed by atoms with Crippen molar-refractivity contribution in [2.24, 2.45) is 21.5 Å². The van der Waals surface area contributed by atoms with Crippen LogP contribution in [0.4, 0.5) is 5.69 Å². The first-order chi connectivity index (χ1) is 11.5. The Bertz CT molecular complexity index is 720. The van der Waals surface area contributed by atoms with Crippen molar-refractivity contribution in [3.63, 3.8) is 0 Å². The number of aryl methyl sites for hydroxylation is 1. The fraction of sp³-hybridized carbons (Fsp3) is 0.471. The van der Waals surface area contributed by atoms with Crippen LogP contribution in [0.25, 0.3) is 0 Å². The molecule has 0 amide bonds. The van der Waals surface area contributed by atoms with Gasteiger partial charge < -0.3 is 16.2 Å². The van der Waals surface area contributed by atoms with E-state index in [-0.39, 0.29) is 11.9 Å². The molecule has 7 nitrogen and oxygen atoms in total. The summed E-state index contributed by atoms with van der Waals surface area (Å²) in [4.78, 5) is 22.5. The van der Waals surface area contributed by atoms with Gasteiger partial charge in [-0.2, -0.15) is 4.99 Å². The zero-order valence-electron chi connectivity index (χ0n) is 14.1. The number of hydrogen-bond donors (Lipinski definition) is 2. The van der Waals surface area contributed by atoms with E-state index in [9.17, 15) is 4.79 Å². The maximum Gasteiger partial charge on any atom is 0.337 e. The quantitative estimate of drug-likeness (QED) is 0.806. The number of anilines is 1. The molecule has 0 unspecified atom stereocenters. The minimum Gasteiger partial charge on any atom is -0.465 e. The SMILES string of the molecule is COC(=O)c1ccc(N2C(N)=NC(N)=NC23CCCCC3)c(C)c1. The van der Waals surface area contributed by atoms with Gasteiger partial charge in [0.15, 0.2) is 0 Å². The van der Waals surface area contributed by atoms with Crippen molar-refractivity contribution in [2.75, 3.05) is 12.0 Å². The highest BCUT2D eigenvalue weighted by molar-refractivity contribution is 6.06. The number of methoxy groups -OCH3 is 1. The molecule has 1 heterocycles. The highest BCUT2D eigenvalue weighted by Crippen LogP contribution is 2.40. The van der Waals surface area contributed by atoms with Gasteiger partial charge in [-0.3, -0.25) is 4.90 Å². The molecule has 0 bridgehead atoms. The smallest absolute Gasteiger partial charge is 0.337 e. The molecule has 0 aromatic heterocycles. The minimum atomic E-state index is -0.480. The number of rotatable bonds is 2. The molecule has 1 fully saturated rings. The number of aliphatic imine (C=N–C) groups is 2. The Morgan fingerprint density at radius 2 is 1.96 bits per heavy atom. The van der Waals surface area contributed by atoms with Crippen LogP contribution < -0.4 is 16.4 Å². The molecular weight excluding hydrogens is 306 g/mol. The Labute approximate surface area is 141 Å². The van der Waals surface area contributed by atoms with E-state index in [1.54, 1.807) is 12.1 Å². The van der Waals surface area contributed by atoms with E-state index in [1.165, 1.54) is 13.5 Å². The van der Waals surface area contributed by atoms with E-state index in [0.29, 0.717) is 11.5 Å². The van der Waals surface area contributed by atoms with Gasteiger partial charge in [0.2, 0.25) is 11.9 Å². The molecule has 0 saturated heterocycles. The second-order valence-corrected chi connectivity index (χ2v) is 6.31. The van der Waals surface area contributed by atoms with Gasteiger partial charge in [-0.05, 0) is 56.4 Å². The Balaban J connectivity index is 2.05. The minimum absolute atomic E-state index is 0.231. The van der Waals surface area contributed by atoms with Crippen molar-refractivity contribution >= 4 is 23.6 Å². The van der Waals surface area contributed by atoms with Crippen LogP contribution in [0, 0.1) is 6.92 Å². The first kappa shape index (κ1) is 16.3. The molecule has 3 rings (SSSR count). The number of carbonyl (C=O) groups excluding carboxylic acids is 1. The van der Waals surface area contributed by atoms with E-state index >= 15 is 0 Å². The molecule has 1 spiro atoms. The summed E-state index contributed by atoms with van der Waals surface area (Å²) in [6, 6.07) is 5.41. The molecule has 0 atom stereocenters. The molecule has 24 heavy (non-hydrogen) atoms. The predicted octanol–water partition coefficient (Wildman–Crippen LogP) is 1.89. The topological polar surface area (TPSA) is 106 Å². The van der Waals surface area contributed by atoms with Gasteiger partial charge in [0.05, 0.1) is 12.7 Å². The fourth-order valence-corrected chi connectivity index (χ4v) is 3.62. The van der Waals surface area contributed by atoms with Crippen LogP contribution in [-0.2, 0) is 4.74 Å². The molecule has 0 radical (unpaired) electrons. The summed E-state index contributed by atoms with van der Waals surface area (Å²) < 4.78 is 4.78. The molecule has 128 valence electrons. The van der Waals surface area contributed by atoms with E-state index in [1.807, 2.05) is 17.9 Å². The molecule has 1 aromatic rings. The number of guanidine groups is 2. The average Bonchev–Trinajstić information content (AvgIpc) is 2.55. The standard InChI is InChI=1S/C17H23N5O2/c1-11-10-12(14(23)24-2)6-7-13(11)22-16(19)20-15(18)21-17(22)8-4-3-5-9-17/h6-7,10H,3-5,8-9H2,1-2H3,(H4,18,19,20,21). The van der Waals surface area contributed by atoms with Crippen molar-refractivity contribution in [3.8, 4) is 0 Å². The zero-order valence-corrected chi connectivity index (χ0v) is 14.1. The summed E-state index contributed by atoms with van der Waals surface area (Å²) in [5.74, 6) is 0.215. The van der Waals surface area contributed by atoms with Crippen LogP contribution >= 0.6 is 0 Å². The second-order valence-electron chi connectivity index (χ2n) is 6.31. The van der Waals surface area contributed by atoms with Crippen LogP contribution in [0.3, 0.4) is 0 Å². The molecule has 1 saturated carbocycles. The van der Waals surface area contributed by atoms with E-state index in [4.69, 9.17) is 16.2 Å². The molecule has 1 aliphatic heterocycles. The van der Waals surface area contributed by atoms with Crippen molar-refractivity contribution in [1.29, 1.82) is 0 Å². The summed E-state index contributed by atoms with van der Waals surface area (Å²) in [7, 11) is 1.37. The zero-order chi connectivity index (χ0) is 17.3. The van der Waals surface area contributed by atoms with Crippen LogP contribution in [0.15, 0.2) is 28.2 Å². The molecule has 7 heteroatoms. The Kier molecular flexibility index (Phi) is 4.17. The number of benzene rings is 1. The Morgan fingerprint density at radius 1 is 1.25 bits per heavy atom. The predicted molar refractivity (Wildman–Crippen MR) is 94.1 cm³/mol. The van der Waals surface area contributed by atoms with Gasteiger partial charge in [0.25, 0.3) is 0 Å². The van der Waals surface area contributed by atoms with Crippen molar-refractivity contribution in [1.82, 2.24) is 0 Å². The van der Waals surface area contributed by atoms with Crippen LogP contribution in [0.1, 0.15) is 48.0 Å². The van der Waals surface area contributed by atoms with Gasteiger partial charge in [-0.15, -0.1) is 0 Å².